The van der Waals surface area contributed by atoms with E-state index in [1.54, 1.807) is 6.20 Å². The van der Waals surface area contributed by atoms with E-state index in [-0.39, 0.29) is 18.1 Å². The summed E-state index contributed by atoms with van der Waals surface area (Å²) in [7, 11) is 0. The summed E-state index contributed by atoms with van der Waals surface area (Å²) in [5, 5.41) is 3.37. The van der Waals surface area contributed by atoms with Gasteiger partial charge in [-0.05, 0) is 60.6 Å². The molecule has 7 heteroatoms. The fourth-order valence-electron chi connectivity index (χ4n) is 5.28. The van der Waals surface area contributed by atoms with Crippen LogP contribution in [0.3, 0.4) is 0 Å². The number of fused-ring (bicyclic) bond motifs is 2. The lowest BCUT2D eigenvalue weighted by molar-refractivity contribution is -0.200. The molecular weight excluding hydrogens is 502 g/mol. The number of pyridine rings is 1. The predicted octanol–water partition coefficient (Wildman–Crippen LogP) is 6.21. The molecule has 1 fully saturated rings. The van der Waals surface area contributed by atoms with E-state index >= 15 is 0 Å². The minimum atomic E-state index is -0.345. The quantitative estimate of drug-likeness (QED) is 0.171. The van der Waals surface area contributed by atoms with Gasteiger partial charge in [-0.15, -0.1) is 0 Å². The molecule has 2 heterocycles. The average molecular weight is 540 g/mol. The Labute approximate surface area is 235 Å². The van der Waals surface area contributed by atoms with Crippen LogP contribution in [0, 0.1) is 0 Å². The van der Waals surface area contributed by atoms with Crippen LogP contribution in [-0.4, -0.2) is 47.7 Å². The summed E-state index contributed by atoms with van der Waals surface area (Å²) in [5.41, 5.74) is 5.10. The molecule has 3 aromatic carbocycles. The number of rotatable bonds is 12. The molecule has 40 heavy (non-hydrogen) atoms. The first-order valence-electron chi connectivity index (χ1n) is 14.3. The zero-order chi connectivity index (χ0) is 27.6. The summed E-state index contributed by atoms with van der Waals surface area (Å²) >= 11 is 0. The van der Waals surface area contributed by atoms with Crippen LogP contribution in [0.15, 0.2) is 79.0 Å². The molecular formula is C33H37N3O4. The maximum atomic E-state index is 13.8. The molecule has 1 aromatic heterocycles. The molecule has 4 aromatic rings. The van der Waals surface area contributed by atoms with Gasteiger partial charge in [-0.25, -0.2) is 10.3 Å². The highest BCUT2D eigenvalue weighted by molar-refractivity contribution is 6.05. The molecule has 7 nitrogen and oxygen atoms in total. The highest BCUT2D eigenvalue weighted by atomic mass is 16.8. The van der Waals surface area contributed by atoms with Crippen molar-refractivity contribution in [2.45, 2.75) is 57.7 Å². The average Bonchev–Trinajstić information content (AvgIpc) is 3.01. The first-order chi connectivity index (χ1) is 19.7. The molecule has 1 aliphatic rings. The summed E-state index contributed by atoms with van der Waals surface area (Å²) < 4.78 is 5.48. The number of carbonyl (C=O) groups is 2. The van der Waals surface area contributed by atoms with Gasteiger partial charge in [0.15, 0.2) is 6.29 Å². The third-order valence-corrected chi connectivity index (χ3v) is 7.46. The number of benzene rings is 3. The van der Waals surface area contributed by atoms with Crippen molar-refractivity contribution in [1.82, 2.24) is 15.4 Å². The number of carbonyl (C=O) groups excluding carboxylic acids is 2. The minimum absolute atomic E-state index is 0.0110. The molecule has 1 N–H and O–H groups in total. The Morgan fingerprint density at radius 2 is 1.73 bits per heavy atom. The second-order valence-corrected chi connectivity index (χ2v) is 10.3. The van der Waals surface area contributed by atoms with Crippen molar-refractivity contribution in [2.24, 2.45) is 0 Å². The van der Waals surface area contributed by atoms with Gasteiger partial charge in [-0.3, -0.25) is 14.6 Å². The number of para-hydroxylation sites is 1. The SMILES string of the molecule is O=C(CCCCCN(CCc1cccc2ccccc12)C(=O)c1cccc2cccnc12)NOC1CCCCO1. The monoisotopic (exact) mass is 539 g/mol. The molecule has 5 rings (SSSR count). The molecule has 2 amide bonds. The number of nitrogens with zero attached hydrogens (tertiary/aromatic N) is 2. The van der Waals surface area contributed by atoms with E-state index in [1.807, 2.05) is 41.3 Å². The van der Waals surface area contributed by atoms with Gasteiger partial charge < -0.3 is 9.64 Å². The molecule has 0 aliphatic carbocycles. The van der Waals surface area contributed by atoms with Crippen LogP contribution in [0.1, 0.15) is 60.9 Å². The van der Waals surface area contributed by atoms with Gasteiger partial charge in [0.1, 0.15) is 0 Å². The molecule has 1 atom stereocenters. The molecule has 0 saturated carbocycles. The number of amides is 2. The van der Waals surface area contributed by atoms with Crippen LogP contribution >= 0.6 is 0 Å². The van der Waals surface area contributed by atoms with Gasteiger partial charge in [0.25, 0.3) is 5.91 Å². The Kier molecular flexibility index (Phi) is 9.72. The topological polar surface area (TPSA) is 80.8 Å². The summed E-state index contributed by atoms with van der Waals surface area (Å²) in [5.74, 6) is -0.150. The Morgan fingerprint density at radius 1 is 0.900 bits per heavy atom. The van der Waals surface area contributed by atoms with Crippen molar-refractivity contribution in [3.05, 3.63) is 90.1 Å². The number of hydroxylamine groups is 1. The number of hydrogen-bond donors (Lipinski definition) is 1. The Balaban J connectivity index is 1.20. The van der Waals surface area contributed by atoms with Crippen molar-refractivity contribution in [3.63, 3.8) is 0 Å². The van der Waals surface area contributed by atoms with E-state index < -0.39 is 0 Å². The highest BCUT2D eigenvalue weighted by Crippen LogP contribution is 2.22. The zero-order valence-corrected chi connectivity index (χ0v) is 22.9. The van der Waals surface area contributed by atoms with Gasteiger partial charge in [0.05, 0.1) is 11.1 Å². The molecule has 0 bridgehead atoms. The van der Waals surface area contributed by atoms with Crippen molar-refractivity contribution < 1.29 is 19.2 Å². The Bertz CT molecular complexity index is 1420. The molecule has 0 radical (unpaired) electrons. The van der Waals surface area contributed by atoms with Crippen molar-refractivity contribution in [3.8, 4) is 0 Å². The second kappa shape index (κ2) is 14.0. The van der Waals surface area contributed by atoms with Crippen molar-refractivity contribution >= 4 is 33.5 Å². The Hall–Kier alpha value is -3.81. The zero-order valence-electron chi connectivity index (χ0n) is 22.9. The molecule has 0 spiro atoms. The normalized spacial score (nSPS) is 15.2. The van der Waals surface area contributed by atoms with E-state index in [4.69, 9.17) is 9.57 Å². The second-order valence-electron chi connectivity index (χ2n) is 10.3. The van der Waals surface area contributed by atoms with E-state index in [9.17, 15) is 9.59 Å². The van der Waals surface area contributed by atoms with Crippen molar-refractivity contribution in [1.29, 1.82) is 0 Å². The van der Waals surface area contributed by atoms with Crippen molar-refractivity contribution in [2.75, 3.05) is 19.7 Å². The molecule has 1 unspecified atom stereocenters. The van der Waals surface area contributed by atoms with Crippen LogP contribution < -0.4 is 5.48 Å². The van der Waals surface area contributed by atoms with E-state index in [1.165, 1.54) is 16.3 Å². The first-order valence-corrected chi connectivity index (χ1v) is 14.3. The lowest BCUT2D eigenvalue weighted by Crippen LogP contribution is -2.34. The van der Waals surface area contributed by atoms with Gasteiger partial charge in [0, 0.05) is 44.1 Å². The highest BCUT2D eigenvalue weighted by Gasteiger charge is 2.19. The fourth-order valence-corrected chi connectivity index (χ4v) is 5.28. The van der Waals surface area contributed by atoms with Gasteiger partial charge in [-0.2, -0.15) is 0 Å². The standard InChI is InChI=1S/C33H37N3O4/c37-30(35-40-31-19-5-7-24-39-31)18-2-1-6-22-36(23-20-26-13-8-12-25-11-3-4-16-28(25)26)33(38)29-17-9-14-27-15-10-21-34-32(27)29/h3-4,8-17,21,31H,1-2,5-7,18-20,22-24H2,(H,35,37). The lowest BCUT2D eigenvalue weighted by atomic mass is 10.0. The van der Waals surface area contributed by atoms with E-state index in [2.05, 4.69) is 46.9 Å². The smallest absolute Gasteiger partial charge is 0.256 e. The molecule has 1 saturated heterocycles. The number of ether oxygens (including phenoxy) is 1. The number of nitrogens with one attached hydrogen (secondary N) is 1. The molecule has 208 valence electrons. The van der Waals surface area contributed by atoms with E-state index in [0.717, 1.165) is 55.8 Å². The summed E-state index contributed by atoms with van der Waals surface area (Å²) in [6.45, 7) is 1.89. The van der Waals surface area contributed by atoms with Crippen LogP contribution in [0.2, 0.25) is 0 Å². The van der Waals surface area contributed by atoms with Crippen LogP contribution in [0.5, 0.6) is 0 Å². The number of hydrogen-bond acceptors (Lipinski definition) is 5. The van der Waals surface area contributed by atoms with Crippen LogP contribution in [0.25, 0.3) is 21.7 Å². The van der Waals surface area contributed by atoms with Gasteiger partial charge in [-0.1, -0.05) is 67.1 Å². The third-order valence-electron chi connectivity index (χ3n) is 7.46. The van der Waals surface area contributed by atoms with Gasteiger partial charge in [0.2, 0.25) is 5.91 Å². The summed E-state index contributed by atoms with van der Waals surface area (Å²) in [4.78, 5) is 37.9. The largest absolute Gasteiger partial charge is 0.350 e. The minimum Gasteiger partial charge on any atom is -0.350 e. The predicted molar refractivity (Wildman–Crippen MR) is 157 cm³/mol. The van der Waals surface area contributed by atoms with Crippen LogP contribution in [0.4, 0.5) is 0 Å². The van der Waals surface area contributed by atoms with Gasteiger partial charge >= 0.3 is 0 Å². The maximum Gasteiger partial charge on any atom is 0.256 e. The fraction of sp³-hybridized carbons (Fsp3) is 0.364. The summed E-state index contributed by atoms with van der Waals surface area (Å²) in [6.07, 6.45) is 7.77. The summed E-state index contributed by atoms with van der Waals surface area (Å²) in [6, 6.07) is 24.3. The van der Waals surface area contributed by atoms with E-state index in [0.29, 0.717) is 31.7 Å². The number of unbranched alkanes of at least 4 members (excludes halogenated alkanes) is 2. The lowest BCUT2D eigenvalue weighted by Gasteiger charge is -2.24. The maximum absolute atomic E-state index is 13.8. The Morgan fingerprint density at radius 3 is 2.62 bits per heavy atom. The molecule has 1 aliphatic heterocycles. The third kappa shape index (κ3) is 7.23. The number of aromatic nitrogens is 1. The van der Waals surface area contributed by atoms with Crippen LogP contribution in [-0.2, 0) is 20.8 Å². The first kappa shape index (κ1) is 27.7.